The fourth-order valence-electron chi connectivity index (χ4n) is 1.92. The lowest BCUT2D eigenvalue weighted by atomic mass is 10.1. The third-order valence-corrected chi connectivity index (χ3v) is 3.99. The van der Waals surface area contributed by atoms with Crippen molar-refractivity contribution in [1.82, 2.24) is 5.43 Å². The van der Waals surface area contributed by atoms with Gasteiger partial charge in [-0.25, -0.2) is 5.43 Å². The third kappa shape index (κ3) is 4.52. The quantitative estimate of drug-likeness (QED) is 0.464. The van der Waals surface area contributed by atoms with Gasteiger partial charge in [-0.2, -0.15) is 5.10 Å². The molecular formula is C15H10Cl2N4O5. The minimum atomic E-state index is -0.837. The summed E-state index contributed by atoms with van der Waals surface area (Å²) in [4.78, 5) is 32.2. The van der Waals surface area contributed by atoms with Crippen LogP contribution in [0, 0.1) is 20.2 Å². The smallest absolute Gasteiger partial charge is 0.267 e. The Kier molecular flexibility index (Phi) is 5.86. The van der Waals surface area contributed by atoms with Gasteiger partial charge in [-0.05, 0) is 24.6 Å². The van der Waals surface area contributed by atoms with Crippen molar-refractivity contribution in [2.75, 3.05) is 0 Å². The minimum absolute atomic E-state index is 0.267. The summed E-state index contributed by atoms with van der Waals surface area (Å²) in [6, 6.07) is 7.36. The summed E-state index contributed by atoms with van der Waals surface area (Å²) in [7, 11) is 0. The predicted molar refractivity (Wildman–Crippen MR) is 95.9 cm³/mol. The third-order valence-electron chi connectivity index (χ3n) is 3.25. The predicted octanol–water partition coefficient (Wildman–Crippen LogP) is 3.96. The fraction of sp³-hybridized carbons (Fsp3) is 0.0667. The molecule has 0 unspecified atom stereocenters. The van der Waals surface area contributed by atoms with Crippen molar-refractivity contribution in [2.45, 2.75) is 6.92 Å². The zero-order valence-corrected chi connectivity index (χ0v) is 14.6. The van der Waals surface area contributed by atoms with E-state index in [1.165, 1.54) is 0 Å². The van der Waals surface area contributed by atoms with Gasteiger partial charge < -0.3 is 0 Å². The Morgan fingerprint density at radius 1 is 0.962 bits per heavy atom. The number of hydrogen-bond donors (Lipinski definition) is 1. The van der Waals surface area contributed by atoms with Crippen LogP contribution in [-0.4, -0.2) is 21.5 Å². The molecule has 134 valence electrons. The second-order valence-corrected chi connectivity index (χ2v) is 5.83. The molecule has 0 saturated carbocycles. The normalized spacial score (nSPS) is 11.1. The summed E-state index contributed by atoms with van der Waals surface area (Å²) >= 11 is 11.7. The molecule has 0 saturated heterocycles. The molecule has 1 amide bonds. The van der Waals surface area contributed by atoms with Gasteiger partial charge in [0.2, 0.25) is 0 Å². The van der Waals surface area contributed by atoms with Crippen LogP contribution < -0.4 is 5.43 Å². The van der Waals surface area contributed by atoms with Crippen LogP contribution >= 0.6 is 23.2 Å². The summed E-state index contributed by atoms with van der Waals surface area (Å²) in [5.74, 6) is -0.837. The second kappa shape index (κ2) is 7.89. The Labute approximate surface area is 156 Å². The van der Waals surface area contributed by atoms with E-state index in [2.05, 4.69) is 10.5 Å². The zero-order chi connectivity index (χ0) is 19.4. The molecule has 0 spiro atoms. The van der Waals surface area contributed by atoms with Crippen LogP contribution in [0.1, 0.15) is 22.8 Å². The first-order chi connectivity index (χ1) is 12.2. The lowest BCUT2D eigenvalue weighted by Crippen LogP contribution is -2.19. The number of nitrogens with one attached hydrogen (secondary N) is 1. The fourth-order valence-corrected chi connectivity index (χ4v) is 2.22. The molecule has 2 rings (SSSR count). The number of rotatable bonds is 5. The summed E-state index contributed by atoms with van der Waals surface area (Å²) in [5, 5.41) is 26.3. The molecule has 2 aromatic carbocycles. The highest BCUT2D eigenvalue weighted by molar-refractivity contribution is 6.42. The molecule has 0 aliphatic carbocycles. The van der Waals surface area contributed by atoms with E-state index in [0.29, 0.717) is 21.3 Å². The number of benzene rings is 2. The monoisotopic (exact) mass is 396 g/mol. The number of halogens is 2. The van der Waals surface area contributed by atoms with E-state index >= 15 is 0 Å². The Morgan fingerprint density at radius 2 is 1.54 bits per heavy atom. The summed E-state index contributed by atoms with van der Waals surface area (Å²) < 4.78 is 0. The largest absolute Gasteiger partial charge is 0.277 e. The van der Waals surface area contributed by atoms with Crippen LogP contribution in [0.15, 0.2) is 41.5 Å². The van der Waals surface area contributed by atoms with Crippen molar-refractivity contribution in [3.8, 4) is 0 Å². The molecule has 0 bridgehead atoms. The number of non-ortho nitro benzene ring substituents is 2. The Morgan fingerprint density at radius 3 is 2.04 bits per heavy atom. The van der Waals surface area contributed by atoms with Gasteiger partial charge in [-0.15, -0.1) is 0 Å². The average Bonchev–Trinajstić information content (AvgIpc) is 2.61. The van der Waals surface area contributed by atoms with Crippen LogP contribution in [0.3, 0.4) is 0 Å². The summed E-state index contributed by atoms with van der Waals surface area (Å²) in [6.07, 6.45) is 0. The number of amides is 1. The Bertz CT molecular complexity index is 913. The van der Waals surface area contributed by atoms with Gasteiger partial charge in [0, 0.05) is 12.1 Å². The summed E-state index contributed by atoms with van der Waals surface area (Å²) in [6.45, 7) is 1.59. The molecule has 0 radical (unpaired) electrons. The van der Waals surface area contributed by atoms with Crippen LogP contribution in [-0.2, 0) is 0 Å². The standard InChI is InChI=1S/C15H10Cl2N4O5/c1-8(9-2-3-13(16)14(17)6-9)18-19-15(22)10-4-11(20(23)24)7-12(5-10)21(25)26/h2-7H,1H3,(H,19,22)/b18-8+. The molecule has 0 atom stereocenters. The Hall–Kier alpha value is -3.04. The zero-order valence-electron chi connectivity index (χ0n) is 13.1. The van der Waals surface area contributed by atoms with Gasteiger partial charge in [0.15, 0.2) is 0 Å². The van der Waals surface area contributed by atoms with Crippen molar-refractivity contribution < 1.29 is 14.6 Å². The topological polar surface area (TPSA) is 128 Å². The molecule has 11 heteroatoms. The van der Waals surface area contributed by atoms with Crippen molar-refractivity contribution in [3.05, 3.63) is 77.8 Å². The van der Waals surface area contributed by atoms with Crippen molar-refractivity contribution in [1.29, 1.82) is 0 Å². The van der Waals surface area contributed by atoms with Crippen LogP contribution in [0.25, 0.3) is 0 Å². The molecule has 1 N–H and O–H groups in total. The maximum Gasteiger partial charge on any atom is 0.277 e. The van der Waals surface area contributed by atoms with Gasteiger partial charge in [-0.1, -0.05) is 29.3 Å². The van der Waals surface area contributed by atoms with Crippen molar-refractivity contribution in [3.63, 3.8) is 0 Å². The first kappa shape index (κ1) is 19.3. The molecule has 0 aromatic heterocycles. The Balaban J connectivity index is 2.27. The number of carbonyl (C=O) groups excluding carboxylic acids is 1. The molecular weight excluding hydrogens is 387 g/mol. The van der Waals surface area contributed by atoms with Crippen LogP contribution in [0.4, 0.5) is 11.4 Å². The van der Waals surface area contributed by atoms with Gasteiger partial charge in [0.25, 0.3) is 17.3 Å². The maximum atomic E-state index is 12.1. The van der Waals surface area contributed by atoms with E-state index in [-0.39, 0.29) is 5.56 Å². The first-order valence-corrected chi connectivity index (χ1v) is 7.68. The van der Waals surface area contributed by atoms with E-state index in [4.69, 9.17) is 23.2 Å². The van der Waals surface area contributed by atoms with Gasteiger partial charge in [0.1, 0.15) is 0 Å². The van der Waals surface area contributed by atoms with Crippen molar-refractivity contribution >= 4 is 46.2 Å². The van der Waals surface area contributed by atoms with Crippen LogP contribution in [0.2, 0.25) is 10.0 Å². The van der Waals surface area contributed by atoms with Gasteiger partial charge in [0.05, 0.1) is 37.2 Å². The van der Waals surface area contributed by atoms with Crippen LogP contribution in [0.5, 0.6) is 0 Å². The minimum Gasteiger partial charge on any atom is -0.267 e. The molecule has 9 nitrogen and oxygen atoms in total. The summed E-state index contributed by atoms with van der Waals surface area (Å²) in [5.41, 5.74) is 1.75. The van der Waals surface area contributed by atoms with Crippen molar-refractivity contribution in [2.24, 2.45) is 5.10 Å². The molecule has 2 aromatic rings. The lowest BCUT2D eigenvalue weighted by molar-refractivity contribution is -0.394. The molecule has 0 aliphatic heterocycles. The van der Waals surface area contributed by atoms with E-state index in [0.717, 1.165) is 18.2 Å². The molecule has 26 heavy (non-hydrogen) atoms. The highest BCUT2D eigenvalue weighted by atomic mass is 35.5. The number of hydrazone groups is 1. The highest BCUT2D eigenvalue weighted by Crippen LogP contribution is 2.24. The lowest BCUT2D eigenvalue weighted by Gasteiger charge is -2.05. The molecule has 0 heterocycles. The first-order valence-electron chi connectivity index (χ1n) is 6.93. The van der Waals surface area contributed by atoms with Gasteiger partial charge >= 0.3 is 0 Å². The number of carbonyl (C=O) groups is 1. The molecule has 0 fully saturated rings. The van der Waals surface area contributed by atoms with E-state index in [1.807, 2.05) is 0 Å². The van der Waals surface area contributed by atoms with E-state index < -0.39 is 27.1 Å². The highest BCUT2D eigenvalue weighted by Gasteiger charge is 2.19. The SMILES string of the molecule is C/C(=N\NC(=O)c1cc([N+](=O)[O-])cc([N+](=O)[O-])c1)c1ccc(Cl)c(Cl)c1. The molecule has 0 aliphatic rings. The van der Waals surface area contributed by atoms with E-state index in [9.17, 15) is 25.0 Å². The number of nitro benzene ring substituents is 2. The second-order valence-electron chi connectivity index (χ2n) is 5.02. The van der Waals surface area contributed by atoms with Gasteiger partial charge in [-0.3, -0.25) is 25.0 Å². The maximum absolute atomic E-state index is 12.1. The number of hydrogen-bond acceptors (Lipinski definition) is 6. The number of nitro groups is 2. The average molecular weight is 397 g/mol. The van der Waals surface area contributed by atoms with E-state index in [1.54, 1.807) is 25.1 Å². The number of nitrogens with zero attached hydrogens (tertiary/aromatic N) is 3.